The summed E-state index contributed by atoms with van der Waals surface area (Å²) in [5, 5.41) is 0. The Morgan fingerprint density at radius 1 is 1.67 bits per heavy atom. The number of fused-ring (bicyclic) bond motifs is 1. The van der Waals surface area contributed by atoms with E-state index in [2.05, 4.69) is 19.9 Å². The number of hydrogen-bond donors (Lipinski definition) is 0. The van der Waals surface area contributed by atoms with Crippen LogP contribution in [0, 0.1) is 11.3 Å². The normalized spacial score (nSPS) is 47.8. The van der Waals surface area contributed by atoms with Crippen molar-refractivity contribution in [1.82, 2.24) is 0 Å². The third kappa shape index (κ3) is 0.593. The third-order valence-electron chi connectivity index (χ3n) is 3.28. The van der Waals surface area contributed by atoms with Gasteiger partial charge in [-0.3, -0.25) is 0 Å². The lowest BCUT2D eigenvalue weighted by atomic mass is 9.90. The van der Waals surface area contributed by atoms with Crippen molar-refractivity contribution in [2.75, 3.05) is 0 Å². The zero-order chi connectivity index (χ0) is 6.48. The molecule has 0 aromatic heterocycles. The molecule has 0 aliphatic heterocycles. The van der Waals surface area contributed by atoms with E-state index in [1.807, 2.05) is 0 Å². The number of allylic oxidation sites excluding steroid dienone is 2. The van der Waals surface area contributed by atoms with Gasteiger partial charge in [0.15, 0.2) is 0 Å². The van der Waals surface area contributed by atoms with Crippen molar-refractivity contribution in [3.05, 3.63) is 11.6 Å². The van der Waals surface area contributed by atoms with Gasteiger partial charge in [0.1, 0.15) is 0 Å². The summed E-state index contributed by atoms with van der Waals surface area (Å²) in [5.41, 5.74) is 2.32. The molecule has 9 heavy (non-hydrogen) atoms. The van der Waals surface area contributed by atoms with E-state index in [1.54, 1.807) is 5.57 Å². The van der Waals surface area contributed by atoms with Gasteiger partial charge in [0, 0.05) is 0 Å². The molecular weight excluding hydrogens is 108 g/mol. The maximum absolute atomic E-state index is 2.42. The summed E-state index contributed by atoms with van der Waals surface area (Å²) in [4.78, 5) is 0. The van der Waals surface area contributed by atoms with E-state index in [0.717, 1.165) is 5.92 Å². The Kier molecular flexibility index (Phi) is 0.870. The Labute approximate surface area is 57.0 Å². The van der Waals surface area contributed by atoms with Crippen LogP contribution >= 0.6 is 0 Å². The summed E-state index contributed by atoms with van der Waals surface area (Å²) in [6.45, 7) is 4.70. The van der Waals surface area contributed by atoms with Crippen molar-refractivity contribution >= 4 is 0 Å². The van der Waals surface area contributed by atoms with Crippen LogP contribution < -0.4 is 0 Å². The van der Waals surface area contributed by atoms with Gasteiger partial charge in [-0.25, -0.2) is 0 Å². The summed E-state index contributed by atoms with van der Waals surface area (Å²) in [5.74, 6) is 1.06. The quantitative estimate of drug-likeness (QED) is 0.433. The Bertz CT molecular complexity index is 167. The Hall–Kier alpha value is -0.260. The first-order valence-electron chi connectivity index (χ1n) is 3.91. The van der Waals surface area contributed by atoms with Crippen LogP contribution in [-0.4, -0.2) is 0 Å². The molecule has 0 heteroatoms. The topological polar surface area (TPSA) is 0 Å². The minimum atomic E-state index is 0.665. The summed E-state index contributed by atoms with van der Waals surface area (Å²) < 4.78 is 0. The Morgan fingerprint density at radius 3 is 3.00 bits per heavy atom. The lowest BCUT2D eigenvalue weighted by Crippen LogP contribution is -2.03. The molecular formula is C9H14. The first kappa shape index (κ1) is 5.52. The van der Waals surface area contributed by atoms with Gasteiger partial charge in [0.05, 0.1) is 0 Å². The van der Waals surface area contributed by atoms with E-state index in [-0.39, 0.29) is 0 Å². The van der Waals surface area contributed by atoms with Crippen LogP contribution in [0.15, 0.2) is 11.6 Å². The highest BCUT2D eigenvalue weighted by atomic mass is 14.6. The van der Waals surface area contributed by atoms with Crippen LogP contribution in [0.4, 0.5) is 0 Å². The fourth-order valence-corrected chi connectivity index (χ4v) is 2.09. The molecule has 0 bridgehead atoms. The molecule has 0 nitrogen and oxygen atoms in total. The molecule has 2 rings (SSSR count). The van der Waals surface area contributed by atoms with Crippen molar-refractivity contribution in [1.29, 1.82) is 0 Å². The highest BCUT2D eigenvalue weighted by Crippen LogP contribution is 2.61. The molecule has 0 N–H and O–H groups in total. The number of rotatable bonds is 0. The Balaban J connectivity index is 2.29. The van der Waals surface area contributed by atoms with Crippen molar-refractivity contribution in [3.63, 3.8) is 0 Å². The Morgan fingerprint density at radius 2 is 2.44 bits per heavy atom. The molecule has 2 aliphatic rings. The van der Waals surface area contributed by atoms with Gasteiger partial charge in [-0.05, 0) is 37.5 Å². The van der Waals surface area contributed by atoms with Crippen LogP contribution in [-0.2, 0) is 0 Å². The summed E-state index contributed by atoms with van der Waals surface area (Å²) in [7, 11) is 0. The molecule has 0 unspecified atom stereocenters. The monoisotopic (exact) mass is 122 g/mol. The van der Waals surface area contributed by atoms with Crippen molar-refractivity contribution < 1.29 is 0 Å². The minimum Gasteiger partial charge on any atom is -0.0850 e. The summed E-state index contributed by atoms with van der Waals surface area (Å²) >= 11 is 0. The largest absolute Gasteiger partial charge is 0.0850 e. The standard InChI is InChI=1S/C9H14/c1-7-4-3-5-8-6-9(7,8)2/h4,8H,3,5-6H2,1-2H3/t8-,9-/m1/s1. The molecule has 0 aromatic rings. The highest BCUT2D eigenvalue weighted by molar-refractivity contribution is 5.24. The van der Waals surface area contributed by atoms with Crippen LogP contribution in [0.1, 0.15) is 33.1 Å². The SMILES string of the molecule is CC1=CCC[C@@H]2C[C@]12C. The molecule has 1 saturated carbocycles. The molecule has 0 heterocycles. The highest BCUT2D eigenvalue weighted by Gasteiger charge is 2.51. The molecule has 1 fully saturated rings. The maximum Gasteiger partial charge on any atom is -0.00875 e. The second kappa shape index (κ2) is 1.42. The minimum absolute atomic E-state index is 0.665. The zero-order valence-corrected chi connectivity index (χ0v) is 6.28. The summed E-state index contributed by atoms with van der Waals surface area (Å²) in [6.07, 6.45) is 6.68. The second-order valence-electron chi connectivity index (χ2n) is 3.78. The van der Waals surface area contributed by atoms with E-state index >= 15 is 0 Å². The fraction of sp³-hybridized carbons (Fsp3) is 0.778. The zero-order valence-electron chi connectivity index (χ0n) is 6.28. The van der Waals surface area contributed by atoms with Gasteiger partial charge in [0.25, 0.3) is 0 Å². The van der Waals surface area contributed by atoms with Gasteiger partial charge in [0.2, 0.25) is 0 Å². The lowest BCUT2D eigenvalue weighted by molar-refractivity contribution is 0.532. The predicted octanol–water partition coefficient (Wildman–Crippen LogP) is 2.75. The molecule has 0 radical (unpaired) electrons. The molecule has 0 spiro atoms. The van der Waals surface area contributed by atoms with E-state index in [1.165, 1.54) is 19.3 Å². The fourth-order valence-electron chi connectivity index (χ4n) is 2.09. The van der Waals surface area contributed by atoms with Crippen LogP contribution in [0.5, 0.6) is 0 Å². The third-order valence-corrected chi connectivity index (χ3v) is 3.28. The van der Waals surface area contributed by atoms with Crippen molar-refractivity contribution in [3.8, 4) is 0 Å². The van der Waals surface area contributed by atoms with E-state index < -0.39 is 0 Å². The first-order chi connectivity index (χ1) is 4.23. The predicted molar refractivity (Wildman–Crippen MR) is 39.2 cm³/mol. The van der Waals surface area contributed by atoms with E-state index in [0.29, 0.717) is 5.41 Å². The van der Waals surface area contributed by atoms with Gasteiger partial charge < -0.3 is 0 Å². The first-order valence-corrected chi connectivity index (χ1v) is 3.91. The van der Waals surface area contributed by atoms with Gasteiger partial charge in [-0.15, -0.1) is 0 Å². The maximum atomic E-state index is 2.42. The van der Waals surface area contributed by atoms with Crippen molar-refractivity contribution in [2.24, 2.45) is 11.3 Å². The lowest BCUT2D eigenvalue weighted by Gasteiger charge is -2.16. The van der Waals surface area contributed by atoms with Crippen molar-refractivity contribution in [2.45, 2.75) is 33.1 Å². The van der Waals surface area contributed by atoms with E-state index in [4.69, 9.17) is 0 Å². The van der Waals surface area contributed by atoms with E-state index in [9.17, 15) is 0 Å². The van der Waals surface area contributed by atoms with Gasteiger partial charge in [-0.2, -0.15) is 0 Å². The van der Waals surface area contributed by atoms with Gasteiger partial charge in [-0.1, -0.05) is 18.6 Å². The summed E-state index contributed by atoms with van der Waals surface area (Å²) in [6, 6.07) is 0. The number of hydrogen-bond acceptors (Lipinski definition) is 0. The average molecular weight is 122 g/mol. The van der Waals surface area contributed by atoms with Gasteiger partial charge >= 0.3 is 0 Å². The van der Waals surface area contributed by atoms with Crippen LogP contribution in [0.2, 0.25) is 0 Å². The average Bonchev–Trinajstić information content (AvgIpc) is 2.44. The smallest absolute Gasteiger partial charge is 0.00875 e. The molecule has 2 aliphatic carbocycles. The van der Waals surface area contributed by atoms with Crippen LogP contribution in [0.25, 0.3) is 0 Å². The molecule has 0 aromatic carbocycles. The molecule has 2 atom stereocenters. The molecule has 50 valence electrons. The molecule has 0 saturated heterocycles. The molecule has 0 amide bonds. The second-order valence-corrected chi connectivity index (χ2v) is 3.78. The van der Waals surface area contributed by atoms with Crippen LogP contribution in [0.3, 0.4) is 0 Å².